The van der Waals surface area contributed by atoms with Gasteiger partial charge in [0.2, 0.25) is 5.91 Å². The number of hydrogen-bond acceptors (Lipinski definition) is 7. The molecule has 2 heterocycles. The molecular weight excluding hydrogens is 398 g/mol. The summed E-state index contributed by atoms with van der Waals surface area (Å²) in [6.07, 6.45) is -0.0508. The maximum atomic E-state index is 12.1. The van der Waals surface area contributed by atoms with Crippen molar-refractivity contribution in [2.45, 2.75) is 20.3 Å². The first-order chi connectivity index (χ1) is 13.3. The fourth-order valence-corrected chi connectivity index (χ4v) is 3.73. The summed E-state index contributed by atoms with van der Waals surface area (Å²) in [5.74, 6) is -0.185. The van der Waals surface area contributed by atoms with Crippen LogP contribution in [0.15, 0.2) is 40.2 Å². The molecule has 0 atom stereocenters. The normalized spacial score (nSPS) is 11.4. The molecule has 1 amide bonds. The van der Waals surface area contributed by atoms with E-state index >= 15 is 0 Å². The third-order valence-electron chi connectivity index (χ3n) is 3.75. The number of hydrazone groups is 1. The molecule has 1 aromatic carbocycles. The third kappa shape index (κ3) is 4.78. The van der Waals surface area contributed by atoms with Crippen LogP contribution in [-0.4, -0.2) is 31.7 Å². The number of thiazole rings is 1. The molecule has 0 spiro atoms. The summed E-state index contributed by atoms with van der Waals surface area (Å²) >= 11 is 6.33. The molecule has 2 aromatic heterocycles. The largest absolute Gasteiger partial charge is 0.508 e. The number of aromatic amines is 2. The van der Waals surface area contributed by atoms with Gasteiger partial charge < -0.3 is 10.1 Å². The molecule has 0 fully saturated rings. The van der Waals surface area contributed by atoms with Gasteiger partial charge in [0.1, 0.15) is 10.8 Å². The van der Waals surface area contributed by atoms with Crippen molar-refractivity contribution >= 4 is 35.2 Å². The summed E-state index contributed by atoms with van der Waals surface area (Å²) in [4.78, 5) is 34.0. The number of amides is 1. The molecule has 0 radical (unpaired) electrons. The Morgan fingerprint density at radius 1 is 1.32 bits per heavy atom. The molecule has 3 aromatic rings. The van der Waals surface area contributed by atoms with E-state index in [1.807, 2.05) is 6.92 Å². The van der Waals surface area contributed by atoms with Gasteiger partial charge in [-0.2, -0.15) is 5.10 Å². The smallest absolute Gasteiger partial charge is 0.251 e. The number of aromatic hydroxyl groups is 1. The van der Waals surface area contributed by atoms with Crippen molar-refractivity contribution in [1.82, 2.24) is 20.4 Å². The number of phenolic OH excluding ortho intramolecular Hbond substituents is 1. The Labute approximate surface area is 169 Å². The molecule has 4 N–H and O–H groups in total. The molecule has 8 nitrogen and oxygen atoms in total. The molecule has 0 saturated heterocycles. The second kappa shape index (κ2) is 8.28. The number of nitrogens with one attached hydrogen (secondary N) is 3. The summed E-state index contributed by atoms with van der Waals surface area (Å²) < 4.78 is 0.164. The summed E-state index contributed by atoms with van der Waals surface area (Å²) in [5, 5.41) is 14.3. The quantitative estimate of drug-likeness (QED) is 0.290. The molecule has 0 unspecified atom stereocenters. The molecular formula is C18H17N5O3S2. The number of hydrogen-bond donors (Lipinski definition) is 4. The number of carbonyl (C=O) groups excluding carboxylic acids is 1. The van der Waals surface area contributed by atoms with Crippen LogP contribution >= 0.6 is 23.6 Å². The van der Waals surface area contributed by atoms with Crippen molar-refractivity contribution in [3.05, 3.63) is 61.7 Å². The van der Waals surface area contributed by atoms with E-state index in [1.54, 1.807) is 31.2 Å². The predicted molar refractivity (Wildman–Crippen MR) is 110 cm³/mol. The summed E-state index contributed by atoms with van der Waals surface area (Å²) in [6.45, 7) is 3.65. The van der Waals surface area contributed by atoms with E-state index in [-0.39, 0.29) is 28.4 Å². The van der Waals surface area contributed by atoms with Gasteiger partial charge in [0, 0.05) is 17.3 Å². The molecule has 0 aliphatic heterocycles. The Bertz CT molecular complexity index is 1130. The lowest BCUT2D eigenvalue weighted by molar-refractivity contribution is -0.120. The SMILES string of the molecule is C/C(=N\NC(=O)Cc1cc(=O)[nH]c(=S)[nH]1)c1sc(-c2ccc(O)cc2)nc1C. The number of nitrogens with zero attached hydrogens (tertiary/aromatic N) is 2. The lowest BCUT2D eigenvalue weighted by Crippen LogP contribution is -2.23. The number of aryl methyl sites for hydroxylation is 1. The Balaban J connectivity index is 1.72. The standard InChI is InChI=1S/C18H17N5O3S2/c1-9-16(28-17(19-9)11-3-5-13(24)6-4-11)10(2)22-23-15(26)8-12-7-14(25)21-18(27)20-12/h3-7,24H,8H2,1-2H3,(H,23,26)(H2,20,21,25,27)/b22-10+. The first-order valence-electron chi connectivity index (χ1n) is 8.24. The van der Waals surface area contributed by atoms with E-state index in [0.717, 1.165) is 21.1 Å². The van der Waals surface area contributed by atoms with Gasteiger partial charge in [0.25, 0.3) is 5.56 Å². The van der Waals surface area contributed by atoms with Crippen molar-refractivity contribution in [2.75, 3.05) is 0 Å². The average molecular weight is 416 g/mol. The van der Waals surface area contributed by atoms with E-state index in [2.05, 4.69) is 25.5 Å². The molecule has 0 aliphatic carbocycles. The Hall–Kier alpha value is -3.11. The van der Waals surface area contributed by atoms with E-state index in [4.69, 9.17) is 12.2 Å². The average Bonchev–Trinajstić information content (AvgIpc) is 3.01. The predicted octanol–water partition coefficient (Wildman–Crippen LogP) is 2.65. The number of carbonyl (C=O) groups is 1. The van der Waals surface area contributed by atoms with E-state index in [1.165, 1.54) is 17.4 Å². The van der Waals surface area contributed by atoms with Gasteiger partial charge in [-0.25, -0.2) is 10.4 Å². The third-order valence-corrected chi connectivity index (χ3v) is 5.27. The highest BCUT2D eigenvalue weighted by molar-refractivity contribution is 7.71. The highest BCUT2D eigenvalue weighted by Crippen LogP contribution is 2.29. The van der Waals surface area contributed by atoms with Gasteiger partial charge in [-0.05, 0) is 50.3 Å². The fourth-order valence-electron chi connectivity index (χ4n) is 2.48. The maximum absolute atomic E-state index is 12.1. The van der Waals surface area contributed by atoms with Crippen LogP contribution in [0, 0.1) is 11.7 Å². The number of benzene rings is 1. The van der Waals surface area contributed by atoms with Crippen molar-refractivity contribution < 1.29 is 9.90 Å². The van der Waals surface area contributed by atoms with Crippen LogP contribution in [0.25, 0.3) is 10.6 Å². The second-order valence-electron chi connectivity index (χ2n) is 6.00. The molecule has 0 bridgehead atoms. The van der Waals surface area contributed by atoms with Gasteiger partial charge in [0.05, 0.1) is 22.7 Å². The summed E-state index contributed by atoms with van der Waals surface area (Å²) in [5.41, 5.74) is 4.82. The minimum absolute atomic E-state index is 0.0508. The highest BCUT2D eigenvalue weighted by Gasteiger charge is 2.13. The monoisotopic (exact) mass is 415 g/mol. The van der Waals surface area contributed by atoms with Crippen LogP contribution in [-0.2, 0) is 11.2 Å². The first-order valence-corrected chi connectivity index (χ1v) is 9.47. The summed E-state index contributed by atoms with van der Waals surface area (Å²) in [7, 11) is 0. The zero-order valence-electron chi connectivity index (χ0n) is 15.1. The zero-order chi connectivity index (χ0) is 20.3. The zero-order valence-corrected chi connectivity index (χ0v) is 16.7. The van der Waals surface area contributed by atoms with E-state index < -0.39 is 0 Å². The van der Waals surface area contributed by atoms with Gasteiger partial charge in [-0.15, -0.1) is 11.3 Å². The Morgan fingerprint density at radius 2 is 2.04 bits per heavy atom. The van der Waals surface area contributed by atoms with Gasteiger partial charge in [-0.3, -0.25) is 14.6 Å². The molecule has 144 valence electrons. The van der Waals surface area contributed by atoms with Crippen LogP contribution in [0.5, 0.6) is 5.75 Å². The van der Waals surface area contributed by atoms with Crippen LogP contribution in [0.3, 0.4) is 0 Å². The van der Waals surface area contributed by atoms with Crippen molar-refractivity contribution in [1.29, 1.82) is 0 Å². The minimum Gasteiger partial charge on any atom is -0.508 e. The minimum atomic E-state index is -0.378. The fraction of sp³-hybridized carbons (Fsp3) is 0.167. The topological polar surface area (TPSA) is 123 Å². The molecule has 10 heteroatoms. The number of aromatic nitrogens is 3. The van der Waals surface area contributed by atoms with Gasteiger partial charge >= 0.3 is 0 Å². The molecule has 0 saturated carbocycles. The number of phenols is 1. The van der Waals surface area contributed by atoms with Crippen LogP contribution < -0.4 is 11.0 Å². The van der Waals surface area contributed by atoms with Crippen molar-refractivity contribution in [3.8, 4) is 16.3 Å². The lowest BCUT2D eigenvalue weighted by atomic mass is 10.2. The number of H-pyrrole nitrogens is 2. The Morgan fingerprint density at radius 3 is 2.71 bits per heavy atom. The van der Waals surface area contributed by atoms with Crippen molar-refractivity contribution in [3.63, 3.8) is 0 Å². The molecule has 3 rings (SSSR count). The van der Waals surface area contributed by atoms with Crippen LogP contribution in [0.2, 0.25) is 0 Å². The summed E-state index contributed by atoms with van der Waals surface area (Å²) in [6, 6.07) is 8.07. The highest BCUT2D eigenvalue weighted by atomic mass is 32.1. The number of rotatable bonds is 5. The Kier molecular flexibility index (Phi) is 5.81. The first kappa shape index (κ1) is 19.6. The van der Waals surface area contributed by atoms with Gasteiger partial charge in [0.15, 0.2) is 4.77 Å². The van der Waals surface area contributed by atoms with Crippen LogP contribution in [0.4, 0.5) is 0 Å². The van der Waals surface area contributed by atoms with E-state index in [9.17, 15) is 14.7 Å². The van der Waals surface area contributed by atoms with Gasteiger partial charge in [-0.1, -0.05) is 0 Å². The lowest BCUT2D eigenvalue weighted by Gasteiger charge is -2.02. The van der Waals surface area contributed by atoms with Crippen LogP contribution in [0.1, 0.15) is 23.2 Å². The maximum Gasteiger partial charge on any atom is 0.251 e. The van der Waals surface area contributed by atoms with Crippen molar-refractivity contribution in [2.24, 2.45) is 5.10 Å². The molecule has 0 aliphatic rings. The molecule has 28 heavy (non-hydrogen) atoms. The second-order valence-corrected chi connectivity index (χ2v) is 7.41. The van der Waals surface area contributed by atoms with E-state index in [0.29, 0.717) is 11.4 Å².